The quantitative estimate of drug-likeness (QED) is 0.143. The van der Waals surface area contributed by atoms with Crippen LogP contribution >= 0.6 is 23.6 Å². The summed E-state index contributed by atoms with van der Waals surface area (Å²) in [5, 5.41) is 6.51. The summed E-state index contributed by atoms with van der Waals surface area (Å²) in [4.78, 5) is 43.3. The predicted octanol–water partition coefficient (Wildman–Crippen LogP) is 6.14. The zero-order valence-corrected chi connectivity index (χ0v) is 27.0. The number of aromatic nitrogens is 1. The zero-order chi connectivity index (χ0) is 31.8. The van der Waals surface area contributed by atoms with Gasteiger partial charge in [0, 0.05) is 28.0 Å². The first kappa shape index (κ1) is 30.3. The number of rotatable bonds is 7. The lowest BCUT2D eigenvalue weighted by Gasteiger charge is -2.30. The van der Waals surface area contributed by atoms with Gasteiger partial charge in [-0.25, -0.2) is 4.90 Å². The number of anilines is 2. The number of methoxy groups -OCH3 is 2. The van der Waals surface area contributed by atoms with Gasteiger partial charge in [-0.3, -0.25) is 19.7 Å². The monoisotopic (exact) mass is 640 g/mol. The minimum absolute atomic E-state index is 0.0469. The Bertz CT molecular complexity index is 1890. The maximum Gasteiger partial charge on any atom is 0.270 e. The van der Waals surface area contributed by atoms with Crippen LogP contribution in [0.3, 0.4) is 0 Å². The van der Waals surface area contributed by atoms with Crippen molar-refractivity contribution in [1.29, 1.82) is 0 Å². The van der Waals surface area contributed by atoms with E-state index < -0.39 is 11.8 Å². The summed E-state index contributed by atoms with van der Waals surface area (Å²) in [6.45, 7) is 3.89. The molecule has 0 unspecified atom stereocenters. The molecule has 3 amide bonds. The van der Waals surface area contributed by atoms with Gasteiger partial charge in [-0.2, -0.15) is 0 Å². The summed E-state index contributed by atoms with van der Waals surface area (Å²) < 4.78 is 12.8. The van der Waals surface area contributed by atoms with Crippen LogP contribution in [-0.2, 0) is 22.4 Å². The van der Waals surface area contributed by atoms with E-state index in [0.717, 1.165) is 53.3 Å². The molecule has 2 aliphatic rings. The number of carbonyl (C=O) groups is 3. The zero-order valence-electron chi connectivity index (χ0n) is 25.4. The van der Waals surface area contributed by atoms with Crippen LogP contribution in [-0.4, -0.2) is 41.6 Å². The Kier molecular flexibility index (Phi) is 8.30. The number of hydrogen-bond donors (Lipinski definition) is 2. The highest BCUT2D eigenvalue weighted by Gasteiger charge is 2.36. The van der Waals surface area contributed by atoms with Crippen molar-refractivity contribution < 1.29 is 23.9 Å². The van der Waals surface area contributed by atoms with Gasteiger partial charge in [0.15, 0.2) is 5.11 Å². The van der Waals surface area contributed by atoms with Crippen molar-refractivity contribution in [1.82, 2.24) is 9.88 Å². The van der Waals surface area contributed by atoms with Gasteiger partial charge in [-0.15, -0.1) is 11.3 Å². The first-order chi connectivity index (χ1) is 21.7. The number of ether oxygens (including phenoxy) is 2. The van der Waals surface area contributed by atoms with E-state index in [9.17, 15) is 14.4 Å². The molecule has 0 radical (unpaired) electrons. The second kappa shape index (κ2) is 12.3. The molecule has 2 aromatic heterocycles. The van der Waals surface area contributed by atoms with E-state index in [-0.39, 0.29) is 16.6 Å². The third-order valence-corrected chi connectivity index (χ3v) is 9.68. The molecule has 11 heteroatoms. The Labute approximate surface area is 270 Å². The molecule has 1 fully saturated rings. The maximum atomic E-state index is 13.9. The van der Waals surface area contributed by atoms with Crippen LogP contribution < -0.4 is 25.0 Å². The molecule has 2 aromatic carbocycles. The lowest BCUT2D eigenvalue weighted by Crippen LogP contribution is -2.54. The fraction of sp³-hybridized carbons (Fsp3) is 0.235. The van der Waals surface area contributed by atoms with Gasteiger partial charge in [0.1, 0.15) is 22.1 Å². The van der Waals surface area contributed by atoms with E-state index in [1.807, 2.05) is 50.2 Å². The smallest absolute Gasteiger partial charge is 0.270 e. The number of benzene rings is 2. The van der Waals surface area contributed by atoms with E-state index >= 15 is 0 Å². The number of nitrogens with zero attached hydrogens (tertiary/aromatic N) is 2. The van der Waals surface area contributed by atoms with Crippen LogP contribution in [0.1, 0.15) is 50.6 Å². The molecule has 6 rings (SSSR count). The number of aryl methyl sites for hydroxylation is 2. The Morgan fingerprint density at radius 2 is 1.78 bits per heavy atom. The van der Waals surface area contributed by atoms with Gasteiger partial charge in [0.05, 0.1) is 25.5 Å². The third-order valence-electron chi connectivity index (χ3n) is 8.11. The molecule has 45 heavy (non-hydrogen) atoms. The summed E-state index contributed by atoms with van der Waals surface area (Å²) >= 11 is 7.04. The number of amides is 3. The number of carbonyl (C=O) groups excluding carboxylic acids is 3. The SMILES string of the molecule is COc1ccc(N2C(=O)/C(=C/c3cc(C)n(-c4sc5c(c4C(=O)Nc4ccccc4)CCCC5)c3C)C(=O)NC2=S)c(OC)c1. The summed E-state index contributed by atoms with van der Waals surface area (Å²) in [6.07, 6.45) is 5.48. The summed E-state index contributed by atoms with van der Waals surface area (Å²) in [5.41, 5.74) is 5.16. The van der Waals surface area contributed by atoms with Gasteiger partial charge in [-0.1, -0.05) is 18.2 Å². The lowest BCUT2D eigenvalue weighted by atomic mass is 9.95. The Morgan fingerprint density at radius 1 is 1.02 bits per heavy atom. The molecule has 1 aliphatic heterocycles. The summed E-state index contributed by atoms with van der Waals surface area (Å²) in [7, 11) is 3.02. The van der Waals surface area contributed by atoms with Crippen molar-refractivity contribution >= 4 is 63.8 Å². The van der Waals surface area contributed by atoms with Crippen molar-refractivity contribution in [2.45, 2.75) is 39.5 Å². The standard InChI is InChI=1S/C34H32N4O5S2/c1-19-16-21(17-25-30(39)36-34(44)38(32(25)41)26-15-14-23(42-3)18-27(26)43-4)20(2)37(19)33-29(24-12-8-9-13-28(24)45-33)31(40)35-22-10-6-5-7-11-22/h5-7,10-11,14-18H,8-9,12-13H2,1-4H3,(H,35,40)(H,36,39,44)/b25-17+. The molecule has 3 heterocycles. The number of thiophene rings is 1. The van der Waals surface area contributed by atoms with Crippen molar-refractivity contribution in [3.63, 3.8) is 0 Å². The summed E-state index contributed by atoms with van der Waals surface area (Å²) in [6, 6.07) is 16.3. The molecule has 0 atom stereocenters. The normalized spacial score (nSPS) is 15.6. The highest BCUT2D eigenvalue weighted by atomic mass is 32.1. The van der Waals surface area contributed by atoms with Crippen molar-refractivity contribution in [3.05, 3.63) is 93.1 Å². The molecule has 4 aromatic rings. The fourth-order valence-corrected chi connectivity index (χ4v) is 7.68. The second-order valence-corrected chi connectivity index (χ2v) is 12.3. The van der Waals surface area contributed by atoms with E-state index in [0.29, 0.717) is 28.3 Å². The van der Waals surface area contributed by atoms with Gasteiger partial charge in [-0.05, 0) is 99.3 Å². The van der Waals surface area contributed by atoms with Crippen molar-refractivity contribution in [3.8, 4) is 16.5 Å². The molecule has 0 bridgehead atoms. The van der Waals surface area contributed by atoms with Crippen LogP contribution in [0.15, 0.2) is 60.2 Å². The first-order valence-electron chi connectivity index (χ1n) is 14.6. The van der Waals surface area contributed by atoms with Gasteiger partial charge < -0.3 is 19.4 Å². The average molecular weight is 641 g/mol. The number of fused-ring (bicyclic) bond motifs is 1. The second-order valence-electron chi connectivity index (χ2n) is 10.9. The molecule has 1 aliphatic carbocycles. The highest BCUT2D eigenvalue weighted by Crippen LogP contribution is 2.40. The Balaban J connectivity index is 1.41. The molecule has 2 N–H and O–H groups in total. The topological polar surface area (TPSA) is 102 Å². The number of thiocarbonyl (C=S) groups is 1. The maximum absolute atomic E-state index is 13.9. The number of para-hydroxylation sites is 1. The van der Waals surface area contributed by atoms with Gasteiger partial charge in [0.2, 0.25) is 0 Å². The largest absolute Gasteiger partial charge is 0.497 e. The number of hydrogen-bond acceptors (Lipinski definition) is 7. The molecule has 0 spiro atoms. The summed E-state index contributed by atoms with van der Waals surface area (Å²) in [5.74, 6) is -0.408. The molecule has 9 nitrogen and oxygen atoms in total. The van der Waals surface area contributed by atoms with Crippen molar-refractivity contribution in [2.24, 2.45) is 0 Å². The molecule has 230 valence electrons. The highest BCUT2D eigenvalue weighted by molar-refractivity contribution is 7.80. The molecule has 0 saturated carbocycles. The van der Waals surface area contributed by atoms with Crippen LogP contribution in [0.4, 0.5) is 11.4 Å². The minimum Gasteiger partial charge on any atom is -0.497 e. The minimum atomic E-state index is -0.590. The molecular formula is C34H32N4O5S2. The first-order valence-corrected chi connectivity index (χ1v) is 15.8. The van der Waals surface area contributed by atoms with Crippen LogP contribution in [0.25, 0.3) is 11.1 Å². The van der Waals surface area contributed by atoms with E-state index in [1.54, 1.807) is 35.6 Å². The molecule has 1 saturated heterocycles. The van der Waals surface area contributed by atoms with E-state index in [4.69, 9.17) is 21.7 Å². The number of nitrogens with one attached hydrogen (secondary N) is 2. The van der Waals surface area contributed by atoms with Gasteiger partial charge >= 0.3 is 0 Å². The Morgan fingerprint density at radius 3 is 2.51 bits per heavy atom. The fourth-order valence-electron chi connectivity index (χ4n) is 5.91. The lowest BCUT2D eigenvalue weighted by molar-refractivity contribution is -0.122. The van der Waals surface area contributed by atoms with E-state index in [2.05, 4.69) is 15.2 Å². The molecular weight excluding hydrogens is 609 g/mol. The average Bonchev–Trinajstić information content (AvgIpc) is 3.55. The van der Waals surface area contributed by atoms with E-state index in [1.165, 1.54) is 24.0 Å². The van der Waals surface area contributed by atoms with Crippen LogP contribution in [0.5, 0.6) is 11.5 Å². The van der Waals surface area contributed by atoms with Crippen LogP contribution in [0, 0.1) is 13.8 Å². The third kappa shape index (κ3) is 5.53. The van der Waals surface area contributed by atoms with Gasteiger partial charge in [0.25, 0.3) is 17.7 Å². The Hall–Kier alpha value is -4.74. The van der Waals surface area contributed by atoms with Crippen LogP contribution in [0.2, 0.25) is 0 Å². The predicted molar refractivity (Wildman–Crippen MR) is 180 cm³/mol. The van der Waals surface area contributed by atoms with Crippen molar-refractivity contribution in [2.75, 3.05) is 24.4 Å².